The summed E-state index contributed by atoms with van der Waals surface area (Å²) in [7, 11) is 0. The third-order valence-electron chi connectivity index (χ3n) is 8.10. The molecule has 4 aromatic rings. The quantitative estimate of drug-likeness (QED) is 0.384. The molecule has 0 radical (unpaired) electrons. The monoisotopic (exact) mass is 450 g/mol. The Morgan fingerprint density at radius 1 is 0.912 bits per heavy atom. The molecular weight excluding hydrogens is 420 g/mol. The largest absolute Gasteiger partial charge is 0.384 e. The Morgan fingerprint density at radius 3 is 2.29 bits per heavy atom. The van der Waals surface area contributed by atoms with Gasteiger partial charge in [-0.15, -0.1) is 5.10 Å². The lowest BCUT2D eigenvalue weighted by molar-refractivity contribution is 0.0802. The second-order valence-corrected chi connectivity index (χ2v) is 9.88. The van der Waals surface area contributed by atoms with Gasteiger partial charge in [0, 0.05) is 17.6 Å². The lowest BCUT2D eigenvalue weighted by Gasteiger charge is -2.54. The van der Waals surface area contributed by atoms with Gasteiger partial charge in [-0.2, -0.15) is 10.3 Å². The number of fused-ring (bicyclic) bond motifs is 4. The number of benzene rings is 2. The van der Waals surface area contributed by atoms with Gasteiger partial charge in [-0.25, -0.2) is 4.98 Å². The summed E-state index contributed by atoms with van der Waals surface area (Å²) >= 11 is 0. The zero-order chi connectivity index (χ0) is 23.0. The van der Waals surface area contributed by atoms with E-state index in [1.54, 1.807) is 0 Å². The van der Waals surface area contributed by atoms with Gasteiger partial charge in [0.15, 0.2) is 0 Å². The van der Waals surface area contributed by atoms with Gasteiger partial charge in [0.1, 0.15) is 11.3 Å². The van der Waals surface area contributed by atoms with Crippen LogP contribution in [0.1, 0.15) is 55.2 Å². The first kappa shape index (κ1) is 21.1. The van der Waals surface area contributed by atoms with Crippen molar-refractivity contribution in [3.8, 4) is 0 Å². The van der Waals surface area contributed by atoms with Crippen LogP contribution in [-0.4, -0.2) is 32.5 Å². The number of aromatic amines is 1. The van der Waals surface area contributed by atoms with Crippen LogP contribution in [0.15, 0.2) is 72.8 Å². The lowest BCUT2D eigenvalue weighted by Crippen LogP contribution is -2.56. The second-order valence-electron chi connectivity index (χ2n) is 9.88. The fourth-order valence-corrected chi connectivity index (χ4v) is 6.11. The zero-order valence-electron chi connectivity index (χ0n) is 19.3. The Labute approximate surface area is 199 Å². The molecule has 6 nitrogen and oxygen atoms in total. The highest BCUT2D eigenvalue weighted by Crippen LogP contribution is 2.53. The van der Waals surface area contributed by atoms with Crippen LogP contribution in [0.3, 0.4) is 0 Å². The minimum atomic E-state index is 0.231. The SMILES string of the molecule is Nc1cc(C(=CCNC23CCC(c4ccccc4)(CC2)CC3)c2ccccc2)c2n[nH]nc2n1. The van der Waals surface area contributed by atoms with Crippen LogP contribution in [0.5, 0.6) is 0 Å². The second kappa shape index (κ2) is 8.37. The first-order chi connectivity index (χ1) is 16.7. The van der Waals surface area contributed by atoms with Crippen molar-refractivity contribution in [3.63, 3.8) is 0 Å². The highest BCUT2D eigenvalue weighted by atomic mass is 15.3. The molecule has 3 aliphatic rings. The molecule has 3 fully saturated rings. The van der Waals surface area contributed by atoms with Crippen LogP contribution in [0, 0.1) is 0 Å². The van der Waals surface area contributed by atoms with Crippen molar-refractivity contribution in [2.45, 2.75) is 49.5 Å². The maximum atomic E-state index is 6.12. The van der Waals surface area contributed by atoms with Crippen LogP contribution < -0.4 is 11.1 Å². The number of anilines is 1. The summed E-state index contributed by atoms with van der Waals surface area (Å²) in [4.78, 5) is 4.32. The maximum absolute atomic E-state index is 6.12. The average Bonchev–Trinajstić information content (AvgIpc) is 3.37. The number of aromatic nitrogens is 4. The number of H-pyrrole nitrogens is 1. The van der Waals surface area contributed by atoms with E-state index >= 15 is 0 Å². The van der Waals surface area contributed by atoms with Crippen molar-refractivity contribution < 1.29 is 0 Å². The molecule has 2 bridgehead atoms. The van der Waals surface area contributed by atoms with E-state index in [1.807, 2.05) is 12.1 Å². The van der Waals surface area contributed by atoms with Crippen molar-refractivity contribution in [1.29, 1.82) is 0 Å². The summed E-state index contributed by atoms with van der Waals surface area (Å²) in [5.74, 6) is 0.446. The molecule has 2 aromatic heterocycles. The Bertz CT molecular complexity index is 1300. The van der Waals surface area contributed by atoms with E-state index < -0.39 is 0 Å². The molecular formula is C28H30N6. The third kappa shape index (κ3) is 3.68. The van der Waals surface area contributed by atoms with Crippen molar-refractivity contribution in [3.05, 3.63) is 89.5 Å². The fourth-order valence-electron chi connectivity index (χ4n) is 6.11. The van der Waals surface area contributed by atoms with Gasteiger partial charge >= 0.3 is 0 Å². The number of pyridine rings is 1. The number of nitrogens with one attached hydrogen (secondary N) is 2. The zero-order valence-corrected chi connectivity index (χ0v) is 19.3. The third-order valence-corrected chi connectivity index (χ3v) is 8.10. The first-order valence-electron chi connectivity index (χ1n) is 12.2. The number of hydrogen-bond donors (Lipinski definition) is 3. The summed E-state index contributed by atoms with van der Waals surface area (Å²) in [6.07, 6.45) is 9.75. The minimum Gasteiger partial charge on any atom is -0.384 e. The first-order valence-corrected chi connectivity index (χ1v) is 12.2. The van der Waals surface area contributed by atoms with Gasteiger partial charge in [-0.05, 0) is 66.7 Å². The van der Waals surface area contributed by atoms with Crippen LogP contribution >= 0.6 is 0 Å². The molecule has 0 spiro atoms. The number of nitrogen functional groups attached to an aromatic ring is 1. The molecule has 3 saturated carbocycles. The molecule has 0 unspecified atom stereocenters. The highest BCUT2D eigenvalue weighted by molar-refractivity contribution is 5.93. The van der Waals surface area contributed by atoms with Gasteiger partial charge < -0.3 is 11.1 Å². The molecule has 7 rings (SSSR count). The fraction of sp³-hybridized carbons (Fsp3) is 0.321. The molecule has 4 N–H and O–H groups in total. The summed E-state index contributed by atoms with van der Waals surface area (Å²) < 4.78 is 0. The maximum Gasteiger partial charge on any atom is 0.204 e. The highest BCUT2D eigenvalue weighted by Gasteiger charge is 2.48. The number of rotatable bonds is 6. The minimum absolute atomic E-state index is 0.231. The summed E-state index contributed by atoms with van der Waals surface area (Å²) in [5, 5.41) is 15.2. The lowest BCUT2D eigenvalue weighted by atomic mass is 9.55. The number of nitrogens with two attached hydrogens (primary N) is 1. The average molecular weight is 451 g/mol. The molecule has 0 amide bonds. The van der Waals surface area contributed by atoms with Crippen LogP contribution in [0.25, 0.3) is 16.7 Å². The molecule has 2 aromatic carbocycles. The van der Waals surface area contributed by atoms with E-state index in [1.165, 1.54) is 44.1 Å². The van der Waals surface area contributed by atoms with Crippen LogP contribution in [0.2, 0.25) is 0 Å². The van der Waals surface area contributed by atoms with E-state index in [9.17, 15) is 0 Å². The van der Waals surface area contributed by atoms with Crippen molar-refractivity contribution in [2.75, 3.05) is 12.3 Å². The molecule has 0 saturated heterocycles. The van der Waals surface area contributed by atoms with Gasteiger partial charge in [0.2, 0.25) is 5.65 Å². The van der Waals surface area contributed by atoms with Crippen molar-refractivity contribution in [1.82, 2.24) is 25.7 Å². The van der Waals surface area contributed by atoms with Gasteiger partial charge in [-0.3, -0.25) is 0 Å². The summed E-state index contributed by atoms with van der Waals surface area (Å²) in [6, 6.07) is 23.5. The van der Waals surface area contributed by atoms with Crippen molar-refractivity contribution in [2.24, 2.45) is 0 Å². The van der Waals surface area contributed by atoms with Crippen LogP contribution in [-0.2, 0) is 5.41 Å². The van der Waals surface area contributed by atoms with Gasteiger partial charge in [0.05, 0.1) is 0 Å². The van der Waals surface area contributed by atoms with E-state index in [4.69, 9.17) is 5.73 Å². The van der Waals surface area contributed by atoms with E-state index in [0.717, 1.165) is 28.8 Å². The Balaban J connectivity index is 1.26. The summed E-state index contributed by atoms with van der Waals surface area (Å²) in [6.45, 7) is 0.796. The van der Waals surface area contributed by atoms with Crippen molar-refractivity contribution >= 4 is 22.6 Å². The molecule has 34 heavy (non-hydrogen) atoms. The molecule has 172 valence electrons. The normalized spacial score (nSPS) is 24.5. The van der Waals surface area contributed by atoms with E-state index in [0.29, 0.717) is 16.9 Å². The predicted octanol–water partition coefficient (Wildman–Crippen LogP) is 5.00. The molecule has 2 heterocycles. The van der Waals surface area contributed by atoms with Crippen LogP contribution in [0.4, 0.5) is 5.82 Å². The van der Waals surface area contributed by atoms with E-state index in [-0.39, 0.29) is 5.54 Å². The predicted molar refractivity (Wildman–Crippen MR) is 136 cm³/mol. The molecule has 0 aliphatic heterocycles. The standard InChI is InChI=1S/C28H30N6/c29-24-19-23(25-26(31-24)33-34-32-25)22(20-7-3-1-4-8-20)11-18-30-28-15-12-27(13-16-28,14-17-28)21-9-5-2-6-10-21/h1-11,19,30H,12-18H2,(H3,29,31,32,33,34). The Morgan fingerprint density at radius 2 is 1.59 bits per heavy atom. The smallest absolute Gasteiger partial charge is 0.204 e. The van der Waals surface area contributed by atoms with Gasteiger partial charge in [0.25, 0.3) is 0 Å². The topological polar surface area (TPSA) is 92.5 Å². The number of nitrogens with zero attached hydrogens (tertiary/aromatic N) is 3. The molecule has 6 heteroatoms. The Hall–Kier alpha value is -3.51. The molecule has 3 aliphatic carbocycles. The van der Waals surface area contributed by atoms with E-state index in [2.05, 4.69) is 86.4 Å². The number of hydrogen-bond acceptors (Lipinski definition) is 5. The Kier molecular flexibility index (Phi) is 5.18. The molecule has 0 atom stereocenters. The van der Waals surface area contributed by atoms with Gasteiger partial charge in [-0.1, -0.05) is 66.7 Å². The summed E-state index contributed by atoms with van der Waals surface area (Å²) in [5.41, 5.74) is 12.7.